The van der Waals surface area contributed by atoms with Crippen LogP contribution in [-0.2, 0) is 0 Å². The zero-order valence-corrected chi connectivity index (χ0v) is 12.6. The average molecular weight is 260 g/mol. The Morgan fingerprint density at radius 3 is 2.00 bits per heavy atom. The molecule has 1 rings (SSSR count). The molecule has 0 unspecified atom stereocenters. The normalized spacial score (nSPS) is 12.5. The fraction of sp³-hybridized carbons (Fsp3) is 0.467. The van der Waals surface area contributed by atoms with Crippen molar-refractivity contribution in [1.29, 1.82) is 0 Å². The van der Waals surface area contributed by atoms with Crippen LogP contribution < -0.4 is 0 Å². The van der Waals surface area contributed by atoms with Crippen LogP contribution in [0.4, 0.5) is 0 Å². The van der Waals surface area contributed by atoms with Crippen molar-refractivity contribution in [2.75, 3.05) is 28.2 Å². The van der Waals surface area contributed by atoms with Crippen molar-refractivity contribution in [3.05, 3.63) is 35.9 Å². The first-order chi connectivity index (χ1) is 8.99. The van der Waals surface area contributed by atoms with Crippen LogP contribution in [0.25, 0.3) is 0 Å². The van der Waals surface area contributed by atoms with E-state index in [-0.39, 0.29) is 0 Å². The molecule has 4 heteroatoms. The lowest BCUT2D eigenvalue weighted by molar-refractivity contribution is 0.434. The van der Waals surface area contributed by atoms with Crippen LogP contribution in [0.1, 0.15) is 25.3 Å². The maximum absolute atomic E-state index is 4.58. The Morgan fingerprint density at radius 1 is 0.895 bits per heavy atom. The van der Waals surface area contributed by atoms with Crippen molar-refractivity contribution < 1.29 is 0 Å². The van der Waals surface area contributed by atoms with Crippen LogP contribution >= 0.6 is 0 Å². The number of hydrazone groups is 2. The Bertz CT molecular complexity index is 433. The van der Waals surface area contributed by atoms with E-state index in [0.717, 1.165) is 24.3 Å². The van der Waals surface area contributed by atoms with E-state index in [1.54, 1.807) is 0 Å². The van der Waals surface area contributed by atoms with Gasteiger partial charge in [0, 0.05) is 33.9 Å². The molecule has 19 heavy (non-hydrogen) atoms. The van der Waals surface area contributed by atoms with Crippen LogP contribution in [0.3, 0.4) is 0 Å². The Balaban J connectivity index is 2.78. The van der Waals surface area contributed by atoms with E-state index >= 15 is 0 Å². The van der Waals surface area contributed by atoms with Gasteiger partial charge in [0.25, 0.3) is 0 Å². The third kappa shape index (κ3) is 6.04. The molecule has 4 nitrogen and oxygen atoms in total. The summed E-state index contributed by atoms with van der Waals surface area (Å²) in [4.78, 5) is 0. The third-order valence-electron chi connectivity index (χ3n) is 2.52. The van der Waals surface area contributed by atoms with E-state index in [4.69, 9.17) is 0 Å². The second kappa shape index (κ2) is 7.56. The summed E-state index contributed by atoms with van der Waals surface area (Å²) in [5.41, 5.74) is 3.39. The summed E-state index contributed by atoms with van der Waals surface area (Å²) in [7, 11) is 7.78. The molecule has 1 aromatic rings. The van der Waals surface area contributed by atoms with E-state index in [1.165, 1.54) is 5.56 Å². The Hall–Kier alpha value is -1.84. The molecule has 0 saturated heterocycles. The van der Waals surface area contributed by atoms with E-state index in [9.17, 15) is 0 Å². The molecule has 0 spiro atoms. The summed E-state index contributed by atoms with van der Waals surface area (Å²) in [5, 5.41) is 12.7. The van der Waals surface area contributed by atoms with Crippen molar-refractivity contribution in [3.63, 3.8) is 0 Å². The van der Waals surface area contributed by atoms with Crippen LogP contribution in [0.15, 0.2) is 40.5 Å². The van der Waals surface area contributed by atoms with Crippen molar-refractivity contribution in [2.45, 2.75) is 19.8 Å². The molecule has 0 aliphatic carbocycles. The number of benzene rings is 1. The lowest BCUT2D eigenvalue weighted by atomic mass is 10.0. The minimum atomic E-state index is 0.894. The summed E-state index contributed by atoms with van der Waals surface area (Å²) in [6, 6.07) is 10.3. The highest BCUT2D eigenvalue weighted by atomic mass is 15.4. The van der Waals surface area contributed by atoms with Gasteiger partial charge in [-0.3, -0.25) is 0 Å². The topological polar surface area (TPSA) is 31.2 Å². The molecule has 0 heterocycles. The molecule has 0 fully saturated rings. The highest BCUT2D eigenvalue weighted by Crippen LogP contribution is 2.08. The Kier molecular flexibility index (Phi) is 6.06. The van der Waals surface area contributed by atoms with Gasteiger partial charge < -0.3 is 10.0 Å². The zero-order valence-electron chi connectivity index (χ0n) is 12.6. The molecule has 0 atom stereocenters. The van der Waals surface area contributed by atoms with Crippen molar-refractivity contribution >= 4 is 11.4 Å². The lowest BCUT2D eigenvalue weighted by Crippen LogP contribution is -2.12. The SMILES string of the molecule is C/C(CC/C(=N/N(C)C)c1ccccc1)=N\N(C)C. The van der Waals surface area contributed by atoms with Gasteiger partial charge in [0.05, 0.1) is 5.71 Å². The number of hydrogen-bond acceptors (Lipinski definition) is 4. The first-order valence-corrected chi connectivity index (χ1v) is 6.50. The van der Waals surface area contributed by atoms with Crippen LogP contribution in [0, 0.1) is 0 Å². The highest BCUT2D eigenvalue weighted by molar-refractivity contribution is 6.02. The van der Waals surface area contributed by atoms with Gasteiger partial charge in [-0.1, -0.05) is 30.3 Å². The predicted molar refractivity (Wildman–Crippen MR) is 82.7 cm³/mol. The molecule has 0 amide bonds. The second-order valence-corrected chi connectivity index (χ2v) is 4.94. The minimum Gasteiger partial charge on any atom is -0.303 e. The standard InChI is InChI=1S/C15H24N4/c1-13(16-18(2)3)11-12-15(17-19(4)5)14-9-7-6-8-10-14/h6-10H,11-12H2,1-5H3/b16-13+,17-15-. The predicted octanol–water partition coefficient (Wildman–Crippen LogP) is 2.67. The first-order valence-electron chi connectivity index (χ1n) is 6.50. The van der Waals surface area contributed by atoms with E-state index in [1.807, 2.05) is 56.4 Å². The van der Waals surface area contributed by atoms with Crippen molar-refractivity contribution in [3.8, 4) is 0 Å². The Morgan fingerprint density at radius 2 is 1.47 bits per heavy atom. The zero-order chi connectivity index (χ0) is 14.3. The fourth-order valence-corrected chi connectivity index (χ4v) is 1.81. The molecule has 104 valence electrons. The van der Waals surface area contributed by atoms with E-state index < -0.39 is 0 Å². The van der Waals surface area contributed by atoms with E-state index in [0.29, 0.717) is 0 Å². The molecule has 0 saturated carbocycles. The average Bonchev–Trinajstić information content (AvgIpc) is 2.34. The fourth-order valence-electron chi connectivity index (χ4n) is 1.81. The molecule has 0 bridgehead atoms. The highest BCUT2D eigenvalue weighted by Gasteiger charge is 2.05. The van der Waals surface area contributed by atoms with Gasteiger partial charge in [0.2, 0.25) is 0 Å². The number of nitrogens with zero attached hydrogens (tertiary/aromatic N) is 4. The maximum Gasteiger partial charge on any atom is 0.0681 e. The van der Waals surface area contributed by atoms with Gasteiger partial charge in [-0.15, -0.1) is 0 Å². The summed E-state index contributed by atoms with van der Waals surface area (Å²) in [6.45, 7) is 2.05. The van der Waals surface area contributed by atoms with Gasteiger partial charge in [-0.25, -0.2) is 0 Å². The number of hydrogen-bond donors (Lipinski definition) is 0. The third-order valence-corrected chi connectivity index (χ3v) is 2.52. The Labute approximate surface area is 116 Å². The van der Waals surface area contributed by atoms with Gasteiger partial charge in [0.15, 0.2) is 0 Å². The summed E-state index contributed by atoms with van der Waals surface area (Å²) in [6.07, 6.45) is 1.81. The van der Waals surface area contributed by atoms with Gasteiger partial charge in [0.1, 0.15) is 0 Å². The first kappa shape index (κ1) is 15.2. The summed E-state index contributed by atoms with van der Waals surface area (Å²) in [5.74, 6) is 0. The maximum atomic E-state index is 4.58. The molecule has 0 N–H and O–H groups in total. The quantitative estimate of drug-likeness (QED) is 0.581. The largest absolute Gasteiger partial charge is 0.303 e. The second-order valence-electron chi connectivity index (χ2n) is 4.94. The van der Waals surface area contributed by atoms with Crippen LogP contribution in [-0.4, -0.2) is 49.6 Å². The smallest absolute Gasteiger partial charge is 0.0681 e. The summed E-state index contributed by atoms with van der Waals surface area (Å²) >= 11 is 0. The molecule has 0 aliphatic rings. The van der Waals surface area contributed by atoms with Crippen LogP contribution in [0.2, 0.25) is 0 Å². The van der Waals surface area contributed by atoms with Gasteiger partial charge in [-0.2, -0.15) is 10.2 Å². The number of rotatable bonds is 6. The monoisotopic (exact) mass is 260 g/mol. The molecular formula is C15H24N4. The minimum absolute atomic E-state index is 0.894. The van der Waals surface area contributed by atoms with Gasteiger partial charge >= 0.3 is 0 Å². The van der Waals surface area contributed by atoms with Crippen LogP contribution in [0.5, 0.6) is 0 Å². The van der Waals surface area contributed by atoms with Crippen molar-refractivity contribution in [2.24, 2.45) is 10.2 Å². The summed E-state index contributed by atoms with van der Waals surface area (Å²) < 4.78 is 0. The van der Waals surface area contributed by atoms with Gasteiger partial charge in [-0.05, 0) is 25.3 Å². The molecule has 0 aliphatic heterocycles. The van der Waals surface area contributed by atoms with Crippen molar-refractivity contribution in [1.82, 2.24) is 10.0 Å². The molecular weight excluding hydrogens is 236 g/mol. The lowest BCUT2D eigenvalue weighted by Gasteiger charge is -2.12. The molecule has 0 aromatic heterocycles. The van der Waals surface area contributed by atoms with E-state index in [2.05, 4.69) is 29.3 Å². The molecule has 0 radical (unpaired) electrons. The molecule has 1 aromatic carbocycles.